The number of nitrogens with zero attached hydrogens (tertiary/aromatic N) is 6. The number of benzene rings is 1. The first-order valence-electron chi connectivity index (χ1n) is 11.4. The molecule has 0 amide bonds. The quantitative estimate of drug-likeness (QED) is 0.322. The van der Waals surface area contributed by atoms with E-state index in [0.717, 1.165) is 22.3 Å². The Morgan fingerprint density at radius 2 is 1.86 bits per heavy atom. The number of aromatic nitrogens is 6. The van der Waals surface area contributed by atoms with E-state index >= 15 is 0 Å². The molecule has 5 rings (SSSR count). The van der Waals surface area contributed by atoms with Gasteiger partial charge in [-0.25, -0.2) is 19.3 Å². The smallest absolute Gasteiger partial charge is 0.419 e. The third-order valence-corrected chi connectivity index (χ3v) is 5.89. The van der Waals surface area contributed by atoms with E-state index in [0.29, 0.717) is 27.7 Å². The number of carbonyl (C=O) groups excluding carboxylic acids is 1. The van der Waals surface area contributed by atoms with Gasteiger partial charge in [0.2, 0.25) is 0 Å². The first-order valence-corrected chi connectivity index (χ1v) is 11.7. The molecule has 1 N–H and O–H groups in total. The monoisotopic (exact) mass is 503 g/mol. The van der Waals surface area contributed by atoms with Crippen molar-refractivity contribution < 1.29 is 9.53 Å². The van der Waals surface area contributed by atoms with Gasteiger partial charge in [-0.3, -0.25) is 4.68 Å². The molecule has 0 spiro atoms. The van der Waals surface area contributed by atoms with Crippen molar-refractivity contribution in [2.24, 2.45) is 14.1 Å². The van der Waals surface area contributed by atoms with Crippen molar-refractivity contribution in [2.45, 2.75) is 26.4 Å². The molecule has 1 aromatic carbocycles. The van der Waals surface area contributed by atoms with Gasteiger partial charge < -0.3 is 14.6 Å². The van der Waals surface area contributed by atoms with Gasteiger partial charge in [0.25, 0.3) is 0 Å². The number of rotatable bonds is 4. The van der Waals surface area contributed by atoms with Gasteiger partial charge in [-0.2, -0.15) is 5.10 Å². The topological polar surface area (TPSA) is 91.8 Å². The second kappa shape index (κ2) is 8.83. The Hall–Kier alpha value is -4.11. The fraction of sp³-hybridized carbons (Fsp3) is 0.231. The molecule has 4 aromatic heterocycles. The van der Waals surface area contributed by atoms with E-state index in [-0.39, 0.29) is 0 Å². The molecule has 36 heavy (non-hydrogen) atoms. The van der Waals surface area contributed by atoms with Crippen LogP contribution in [0.2, 0.25) is 5.02 Å². The number of hydrogen-bond acceptors (Lipinski definition) is 6. The molecule has 184 valence electrons. The number of hydrogen-bond donors (Lipinski definition) is 1. The van der Waals surface area contributed by atoms with Gasteiger partial charge in [-0.15, -0.1) is 0 Å². The molecule has 0 unspecified atom stereocenters. The lowest BCUT2D eigenvalue weighted by Crippen LogP contribution is -2.27. The Morgan fingerprint density at radius 1 is 1.06 bits per heavy atom. The largest absolute Gasteiger partial charge is 0.443 e. The zero-order valence-corrected chi connectivity index (χ0v) is 21.4. The minimum atomic E-state index is -0.656. The van der Waals surface area contributed by atoms with Crippen molar-refractivity contribution in [3.05, 3.63) is 66.3 Å². The normalized spacial score (nSPS) is 11.7. The van der Waals surface area contributed by atoms with Gasteiger partial charge in [0.1, 0.15) is 17.2 Å². The van der Waals surface area contributed by atoms with Crippen LogP contribution in [-0.4, -0.2) is 40.6 Å². The highest BCUT2D eigenvalue weighted by atomic mass is 35.5. The van der Waals surface area contributed by atoms with Crippen molar-refractivity contribution in [1.82, 2.24) is 28.9 Å². The van der Waals surface area contributed by atoms with Crippen molar-refractivity contribution >= 4 is 40.1 Å². The molecule has 9 nitrogen and oxygen atoms in total. The molecule has 4 heterocycles. The summed E-state index contributed by atoms with van der Waals surface area (Å²) >= 11 is 6.59. The van der Waals surface area contributed by atoms with E-state index in [1.54, 1.807) is 27.8 Å². The van der Waals surface area contributed by atoms with E-state index in [4.69, 9.17) is 16.3 Å². The lowest BCUT2D eigenvalue weighted by atomic mass is 10.2. The number of anilines is 2. The van der Waals surface area contributed by atoms with Gasteiger partial charge >= 0.3 is 6.09 Å². The Labute approximate surface area is 213 Å². The van der Waals surface area contributed by atoms with Crippen LogP contribution in [0.15, 0.2) is 61.3 Å². The van der Waals surface area contributed by atoms with Crippen molar-refractivity contribution in [2.75, 3.05) is 5.32 Å². The molecule has 0 atom stereocenters. The molecule has 0 saturated heterocycles. The molecule has 0 aliphatic heterocycles. The molecule has 0 radical (unpaired) electrons. The zero-order valence-electron chi connectivity index (χ0n) is 20.7. The number of imidazole rings is 1. The summed E-state index contributed by atoms with van der Waals surface area (Å²) in [5, 5.41) is 8.84. The summed E-state index contributed by atoms with van der Waals surface area (Å²) in [5.74, 6) is 1.36. The Morgan fingerprint density at radius 3 is 2.50 bits per heavy atom. The van der Waals surface area contributed by atoms with Crippen molar-refractivity contribution in [3.8, 4) is 22.6 Å². The Balaban J connectivity index is 1.54. The van der Waals surface area contributed by atoms with Crippen LogP contribution in [0.1, 0.15) is 20.8 Å². The molecular weight excluding hydrogens is 478 g/mol. The van der Waals surface area contributed by atoms with E-state index < -0.39 is 11.7 Å². The maximum absolute atomic E-state index is 13.3. The average Bonchev–Trinajstić information content (AvgIpc) is 3.51. The third-order valence-electron chi connectivity index (χ3n) is 5.57. The molecule has 0 aliphatic carbocycles. The SMILES string of the molecule is Cn1cc(-c2cc3cnc(Nc4ccc(-c5nccn5C)cc4Cl)cc3n2C(=O)OC(C)(C)C)cn1. The number of fused-ring (bicyclic) bond motifs is 1. The minimum absolute atomic E-state index is 0.481. The molecule has 0 bridgehead atoms. The predicted molar refractivity (Wildman–Crippen MR) is 141 cm³/mol. The molecule has 0 saturated carbocycles. The van der Waals surface area contributed by atoms with E-state index in [9.17, 15) is 4.79 Å². The fourth-order valence-electron chi connectivity index (χ4n) is 3.98. The first-order chi connectivity index (χ1) is 17.1. The number of carbonyl (C=O) groups is 1. The highest BCUT2D eigenvalue weighted by molar-refractivity contribution is 6.33. The third kappa shape index (κ3) is 4.57. The summed E-state index contributed by atoms with van der Waals surface area (Å²) in [6.45, 7) is 5.52. The highest BCUT2D eigenvalue weighted by Gasteiger charge is 2.24. The van der Waals surface area contributed by atoms with Gasteiger partial charge in [-0.05, 0) is 45.0 Å². The lowest BCUT2D eigenvalue weighted by molar-refractivity contribution is 0.0547. The summed E-state index contributed by atoms with van der Waals surface area (Å²) in [5.41, 5.74) is 3.05. The number of halogens is 1. The van der Waals surface area contributed by atoms with E-state index in [1.807, 2.05) is 82.2 Å². The lowest BCUT2D eigenvalue weighted by Gasteiger charge is -2.21. The maximum Gasteiger partial charge on any atom is 0.419 e. The molecule has 5 aromatic rings. The van der Waals surface area contributed by atoms with E-state index in [2.05, 4.69) is 20.4 Å². The number of nitrogens with one attached hydrogen (secondary N) is 1. The van der Waals surface area contributed by atoms with Crippen molar-refractivity contribution in [3.63, 3.8) is 0 Å². The highest BCUT2D eigenvalue weighted by Crippen LogP contribution is 2.33. The van der Waals surface area contributed by atoms with Crippen LogP contribution in [-0.2, 0) is 18.8 Å². The van der Waals surface area contributed by atoms with Crippen LogP contribution in [0.5, 0.6) is 0 Å². The summed E-state index contributed by atoms with van der Waals surface area (Å²) < 4.78 is 10.9. The molecule has 0 fully saturated rings. The van der Waals surface area contributed by atoms with Gasteiger partial charge in [0, 0.05) is 61.5 Å². The van der Waals surface area contributed by atoms with Crippen molar-refractivity contribution in [1.29, 1.82) is 0 Å². The van der Waals surface area contributed by atoms with Crippen LogP contribution in [0, 0.1) is 0 Å². The van der Waals surface area contributed by atoms with Crippen LogP contribution >= 0.6 is 11.6 Å². The minimum Gasteiger partial charge on any atom is -0.443 e. The fourth-order valence-corrected chi connectivity index (χ4v) is 4.21. The van der Waals surface area contributed by atoms with Crippen LogP contribution in [0.4, 0.5) is 16.3 Å². The Bertz CT molecular complexity index is 1590. The van der Waals surface area contributed by atoms with Gasteiger partial charge in [0.15, 0.2) is 0 Å². The van der Waals surface area contributed by atoms with Crippen LogP contribution < -0.4 is 5.32 Å². The predicted octanol–water partition coefficient (Wildman–Crippen LogP) is 6.02. The molecular formula is C26H26ClN7O2. The second-order valence-electron chi connectivity index (χ2n) is 9.56. The zero-order chi connectivity index (χ0) is 25.6. The summed E-state index contributed by atoms with van der Waals surface area (Å²) in [7, 11) is 3.76. The van der Waals surface area contributed by atoms with Gasteiger partial charge in [0.05, 0.1) is 28.1 Å². The summed E-state index contributed by atoms with van der Waals surface area (Å²) in [6, 6.07) is 9.39. The summed E-state index contributed by atoms with van der Waals surface area (Å²) in [6.07, 6.45) is 8.43. The Kier molecular flexibility index (Phi) is 5.80. The summed E-state index contributed by atoms with van der Waals surface area (Å²) in [4.78, 5) is 22.2. The second-order valence-corrected chi connectivity index (χ2v) is 9.96. The first kappa shape index (κ1) is 23.6. The molecule has 10 heteroatoms. The number of pyridine rings is 1. The van der Waals surface area contributed by atoms with E-state index in [1.165, 1.54) is 0 Å². The van der Waals surface area contributed by atoms with Crippen LogP contribution in [0.25, 0.3) is 33.5 Å². The molecule has 0 aliphatic rings. The number of aryl methyl sites for hydroxylation is 2. The van der Waals surface area contributed by atoms with Gasteiger partial charge in [-0.1, -0.05) is 11.6 Å². The number of ether oxygens (including phenoxy) is 1. The van der Waals surface area contributed by atoms with Crippen LogP contribution in [0.3, 0.4) is 0 Å². The average molecular weight is 504 g/mol. The standard InChI is InChI=1S/C26H26ClN7O2/c1-26(2,3)36-25(35)34-21(18-14-30-33(5)15-18)11-17-13-29-23(12-22(17)34)31-20-7-6-16(10-19(20)27)24-28-8-9-32(24)4/h6-15H,1-5H3,(H,29,31). The maximum atomic E-state index is 13.3.